The molecule has 9 heteroatoms. The molecule has 0 saturated heterocycles. The molecule has 1 atom stereocenters. The van der Waals surface area contributed by atoms with Crippen molar-refractivity contribution >= 4 is 35.0 Å². The Hall–Kier alpha value is -2.94. The Kier molecular flexibility index (Phi) is 6.94. The van der Waals surface area contributed by atoms with Crippen molar-refractivity contribution in [2.45, 2.75) is 31.0 Å². The van der Waals surface area contributed by atoms with Gasteiger partial charge in [-0.05, 0) is 50.2 Å². The quantitative estimate of drug-likeness (QED) is 0.530. The fourth-order valence-electron chi connectivity index (χ4n) is 3.54. The number of carboxylic acid groups (broad SMARTS) is 1. The Morgan fingerprint density at radius 2 is 1.84 bits per heavy atom. The molecule has 1 amide bonds. The second-order valence-corrected chi connectivity index (χ2v) is 8.40. The second-order valence-electron chi connectivity index (χ2n) is 7.13. The molecule has 0 saturated carbocycles. The third kappa shape index (κ3) is 5.04. The molecule has 1 aliphatic heterocycles. The second kappa shape index (κ2) is 9.47. The topological polar surface area (TPSA) is 90.9 Å². The van der Waals surface area contributed by atoms with Crippen molar-refractivity contribution in [1.29, 1.82) is 0 Å². The van der Waals surface area contributed by atoms with Gasteiger partial charge >= 0.3 is 5.97 Å². The zero-order chi connectivity index (χ0) is 22.6. The number of hydrogen-bond acceptors (Lipinski definition) is 6. The number of hydrogen-bond donors (Lipinski definition) is 3. The summed E-state index contributed by atoms with van der Waals surface area (Å²) < 4.78 is 19.1. The van der Waals surface area contributed by atoms with Gasteiger partial charge in [0.2, 0.25) is 0 Å². The number of fused-ring (bicyclic) bond motifs is 1. The summed E-state index contributed by atoms with van der Waals surface area (Å²) in [4.78, 5) is 25.0. The summed E-state index contributed by atoms with van der Waals surface area (Å²) in [6.07, 6.45) is -0.242. The van der Waals surface area contributed by atoms with Crippen LogP contribution < -0.4 is 15.4 Å². The molecule has 1 unspecified atom stereocenters. The third-order valence-electron chi connectivity index (χ3n) is 5.11. The van der Waals surface area contributed by atoms with Crippen LogP contribution in [0.25, 0.3) is 0 Å². The van der Waals surface area contributed by atoms with E-state index in [1.165, 1.54) is 23.9 Å². The van der Waals surface area contributed by atoms with E-state index in [2.05, 4.69) is 10.6 Å². The van der Waals surface area contributed by atoms with E-state index in [-0.39, 0.29) is 12.3 Å². The molecule has 0 bridgehead atoms. The minimum atomic E-state index is -1.06. The molecular formula is C22H26FN3O4S. The largest absolute Gasteiger partial charge is 0.496 e. The summed E-state index contributed by atoms with van der Waals surface area (Å²) >= 11 is 1.31. The molecule has 7 nitrogen and oxygen atoms in total. The van der Waals surface area contributed by atoms with Crippen LogP contribution in [-0.4, -0.2) is 47.1 Å². The number of rotatable bonds is 9. The Morgan fingerprint density at radius 1 is 1.13 bits per heavy atom. The molecule has 0 aliphatic carbocycles. The van der Waals surface area contributed by atoms with Gasteiger partial charge in [-0.25, -0.2) is 4.39 Å². The summed E-state index contributed by atoms with van der Waals surface area (Å²) in [5, 5.41) is 15.8. The number of methoxy groups -OCH3 is 1. The van der Waals surface area contributed by atoms with Gasteiger partial charge in [-0.3, -0.25) is 9.59 Å². The first-order valence-electron chi connectivity index (χ1n) is 9.98. The maximum Gasteiger partial charge on any atom is 0.308 e. The summed E-state index contributed by atoms with van der Waals surface area (Å²) in [7, 11) is 1.55. The number of anilines is 2. The lowest BCUT2D eigenvalue weighted by Crippen LogP contribution is -2.40. The SMILES string of the molecule is CCN(CC)C(=O)c1ccc(OC)c(CSC2(CC(=O)O)Nc3ccc(F)cc3N2)c1. The summed E-state index contributed by atoms with van der Waals surface area (Å²) in [6, 6.07) is 9.48. The van der Waals surface area contributed by atoms with Gasteiger partial charge in [0.15, 0.2) is 4.99 Å². The predicted octanol–water partition coefficient (Wildman–Crippen LogP) is 4.22. The molecule has 166 valence electrons. The van der Waals surface area contributed by atoms with Crippen LogP contribution in [0.3, 0.4) is 0 Å². The van der Waals surface area contributed by atoms with Crippen LogP contribution in [0.15, 0.2) is 36.4 Å². The van der Waals surface area contributed by atoms with E-state index in [4.69, 9.17) is 4.74 Å². The van der Waals surface area contributed by atoms with Crippen LogP contribution in [0.1, 0.15) is 36.2 Å². The summed E-state index contributed by atoms with van der Waals surface area (Å²) in [6.45, 7) is 5.07. The van der Waals surface area contributed by atoms with Gasteiger partial charge in [-0.2, -0.15) is 0 Å². The van der Waals surface area contributed by atoms with Crippen LogP contribution in [0.2, 0.25) is 0 Å². The molecule has 3 rings (SSSR count). The lowest BCUT2D eigenvalue weighted by molar-refractivity contribution is -0.137. The lowest BCUT2D eigenvalue weighted by atomic mass is 10.1. The molecule has 0 spiro atoms. The number of carboxylic acids is 1. The van der Waals surface area contributed by atoms with Gasteiger partial charge in [0, 0.05) is 30.0 Å². The molecule has 1 aliphatic rings. The molecule has 0 aromatic heterocycles. The average molecular weight is 448 g/mol. The number of benzene rings is 2. The zero-order valence-electron chi connectivity index (χ0n) is 17.7. The number of carbonyl (C=O) groups excluding carboxylic acids is 1. The Morgan fingerprint density at radius 3 is 2.48 bits per heavy atom. The van der Waals surface area contributed by atoms with E-state index < -0.39 is 16.8 Å². The average Bonchev–Trinajstić information content (AvgIpc) is 3.09. The van der Waals surface area contributed by atoms with Crippen molar-refractivity contribution in [2.75, 3.05) is 30.8 Å². The number of amides is 1. The molecule has 3 N–H and O–H groups in total. The van der Waals surface area contributed by atoms with Crippen molar-refractivity contribution in [3.05, 3.63) is 53.3 Å². The van der Waals surface area contributed by atoms with Gasteiger partial charge in [0.05, 0.1) is 24.9 Å². The molecule has 0 fully saturated rings. The summed E-state index contributed by atoms with van der Waals surface area (Å²) in [5.41, 5.74) is 2.45. The first-order valence-corrected chi connectivity index (χ1v) is 11.0. The van der Waals surface area contributed by atoms with E-state index in [1.54, 1.807) is 36.3 Å². The first kappa shape index (κ1) is 22.7. The molecule has 1 heterocycles. The van der Waals surface area contributed by atoms with Crippen molar-refractivity contribution in [3.63, 3.8) is 0 Å². The maximum atomic E-state index is 13.6. The normalized spacial score (nSPS) is 16.8. The van der Waals surface area contributed by atoms with E-state index in [0.717, 1.165) is 5.56 Å². The number of nitrogens with one attached hydrogen (secondary N) is 2. The lowest BCUT2D eigenvalue weighted by Gasteiger charge is -2.29. The van der Waals surface area contributed by atoms with Gasteiger partial charge in [0.25, 0.3) is 5.91 Å². The third-order valence-corrected chi connectivity index (χ3v) is 6.40. The van der Waals surface area contributed by atoms with Crippen molar-refractivity contribution in [3.8, 4) is 5.75 Å². The van der Waals surface area contributed by atoms with Gasteiger partial charge in [0.1, 0.15) is 11.6 Å². The van der Waals surface area contributed by atoms with E-state index >= 15 is 0 Å². The van der Waals surface area contributed by atoms with Crippen LogP contribution in [0.4, 0.5) is 15.8 Å². The predicted molar refractivity (Wildman–Crippen MR) is 120 cm³/mol. The number of thioether (sulfide) groups is 1. The number of ether oxygens (including phenoxy) is 1. The van der Waals surface area contributed by atoms with Crippen LogP contribution in [0, 0.1) is 5.82 Å². The smallest absolute Gasteiger partial charge is 0.308 e. The number of halogens is 1. The molecule has 0 radical (unpaired) electrons. The minimum Gasteiger partial charge on any atom is -0.496 e. The number of carbonyl (C=O) groups is 2. The van der Waals surface area contributed by atoms with Crippen molar-refractivity contribution < 1.29 is 23.8 Å². The Labute approximate surface area is 185 Å². The number of aliphatic carboxylic acids is 1. The first-order chi connectivity index (χ1) is 14.8. The minimum absolute atomic E-state index is 0.0702. The maximum absolute atomic E-state index is 13.6. The van der Waals surface area contributed by atoms with Crippen LogP contribution in [0.5, 0.6) is 5.75 Å². The van der Waals surface area contributed by atoms with Gasteiger partial charge in [-0.15, -0.1) is 11.8 Å². The molecule has 31 heavy (non-hydrogen) atoms. The Balaban J connectivity index is 1.85. The van der Waals surface area contributed by atoms with Crippen molar-refractivity contribution in [1.82, 2.24) is 4.90 Å². The Bertz CT molecular complexity index is 983. The van der Waals surface area contributed by atoms with Crippen molar-refractivity contribution in [2.24, 2.45) is 0 Å². The van der Waals surface area contributed by atoms with Crippen LogP contribution >= 0.6 is 11.8 Å². The standard InChI is InChI=1S/C22H26FN3O4S/c1-4-26(5-2)21(29)14-6-9-19(30-3)15(10-14)13-31-22(12-20(27)28)24-17-8-7-16(23)11-18(17)25-22/h6-11,24-25H,4-5,12-13H2,1-3H3,(H,27,28). The van der Waals surface area contributed by atoms with E-state index in [1.807, 2.05) is 13.8 Å². The molecule has 2 aromatic carbocycles. The molecular weight excluding hydrogens is 421 g/mol. The van der Waals surface area contributed by atoms with E-state index in [9.17, 15) is 19.1 Å². The zero-order valence-corrected chi connectivity index (χ0v) is 18.5. The highest BCUT2D eigenvalue weighted by Crippen LogP contribution is 2.44. The fraction of sp³-hybridized carbons (Fsp3) is 0.364. The highest BCUT2D eigenvalue weighted by Gasteiger charge is 2.39. The fourth-order valence-corrected chi connectivity index (χ4v) is 4.76. The number of nitrogens with zero attached hydrogens (tertiary/aromatic N) is 1. The highest BCUT2D eigenvalue weighted by molar-refractivity contribution is 8.00. The van der Waals surface area contributed by atoms with Gasteiger partial charge < -0.3 is 25.4 Å². The molecule has 2 aromatic rings. The van der Waals surface area contributed by atoms with Crippen LogP contribution in [-0.2, 0) is 10.5 Å². The van der Waals surface area contributed by atoms with Gasteiger partial charge in [-0.1, -0.05) is 0 Å². The highest BCUT2D eigenvalue weighted by atomic mass is 32.2. The van der Waals surface area contributed by atoms with E-state index in [0.29, 0.717) is 41.5 Å². The summed E-state index contributed by atoms with van der Waals surface area (Å²) in [5.74, 6) is -0.506. The monoisotopic (exact) mass is 447 g/mol.